The van der Waals surface area contributed by atoms with Crippen LogP contribution in [-0.4, -0.2) is 4.57 Å². The van der Waals surface area contributed by atoms with E-state index >= 15 is 0 Å². The van der Waals surface area contributed by atoms with Gasteiger partial charge in [0.2, 0.25) is 0 Å². The van der Waals surface area contributed by atoms with E-state index in [-0.39, 0.29) is 5.41 Å². The van der Waals surface area contributed by atoms with Gasteiger partial charge in [0, 0.05) is 38.9 Å². The zero-order valence-corrected chi connectivity index (χ0v) is 38.9. The maximum Gasteiger partial charge on any atom is 0.0721 e. The molecule has 11 rings (SSSR count). The van der Waals surface area contributed by atoms with Gasteiger partial charge in [-0.3, -0.25) is 0 Å². The minimum absolute atomic E-state index is 0.102. The lowest BCUT2D eigenvalue weighted by Crippen LogP contribution is -2.16. The maximum atomic E-state index is 6.18. The van der Waals surface area contributed by atoms with Crippen molar-refractivity contribution in [3.05, 3.63) is 240 Å². The Morgan fingerprint density at radius 1 is 0.448 bits per heavy atom. The fourth-order valence-electron chi connectivity index (χ4n) is 10.2. The highest BCUT2D eigenvalue weighted by molar-refractivity contribution is 6.10. The molecule has 0 fully saturated rings. The van der Waals surface area contributed by atoms with E-state index in [9.17, 15) is 0 Å². The van der Waals surface area contributed by atoms with Crippen molar-refractivity contribution in [2.45, 2.75) is 59.2 Å². The molecule has 0 radical (unpaired) electrons. The highest BCUT2D eigenvalue weighted by Crippen LogP contribution is 2.51. The van der Waals surface area contributed by atoms with Crippen LogP contribution in [-0.2, 0) is 29.8 Å². The maximum absolute atomic E-state index is 6.18. The summed E-state index contributed by atoms with van der Waals surface area (Å²) in [6.07, 6.45) is 2.35. The van der Waals surface area contributed by atoms with Crippen molar-refractivity contribution in [1.29, 1.82) is 0 Å². The van der Waals surface area contributed by atoms with Gasteiger partial charge in [-0.05, 0) is 147 Å². The largest absolute Gasteiger partial charge is 0.372 e. The van der Waals surface area contributed by atoms with Crippen LogP contribution in [0.3, 0.4) is 0 Å². The molecule has 3 nitrogen and oxygen atoms in total. The molecule has 9 aromatic carbocycles. The van der Waals surface area contributed by atoms with E-state index < -0.39 is 0 Å². The highest BCUT2D eigenvalue weighted by atomic mass is 16.5. The predicted octanol–water partition coefficient (Wildman–Crippen LogP) is 17.2. The quantitative estimate of drug-likeness (QED) is 0.115. The second-order valence-electron chi connectivity index (χ2n) is 19.2. The minimum atomic E-state index is -0.102. The summed E-state index contributed by atoms with van der Waals surface area (Å²) in [5.74, 6) is 0.719. The van der Waals surface area contributed by atoms with Crippen LogP contribution in [0.1, 0.15) is 61.9 Å². The van der Waals surface area contributed by atoms with E-state index in [2.05, 4.69) is 249 Å². The first-order chi connectivity index (χ1) is 32.8. The van der Waals surface area contributed by atoms with Gasteiger partial charge in [-0.25, -0.2) is 0 Å². The molecular formula is C64H56N2O. The summed E-state index contributed by atoms with van der Waals surface area (Å²) in [5.41, 5.74) is 20.8. The molecule has 1 heterocycles. The average Bonchev–Trinajstić information content (AvgIpc) is 3.82. The number of aromatic nitrogens is 1. The van der Waals surface area contributed by atoms with E-state index in [1.54, 1.807) is 0 Å². The fraction of sp³-hybridized carbons (Fsp3) is 0.156. The Balaban J connectivity index is 0.876. The molecule has 3 heteroatoms. The first-order valence-electron chi connectivity index (χ1n) is 23.9. The van der Waals surface area contributed by atoms with Gasteiger partial charge in [0.1, 0.15) is 0 Å². The number of rotatable bonds is 13. The number of ether oxygens (including phenoxy) is 1. The highest BCUT2D eigenvalue weighted by Gasteiger charge is 2.35. The Hall–Kier alpha value is -7.46. The van der Waals surface area contributed by atoms with E-state index in [0.717, 1.165) is 40.7 Å². The standard InChI is InChI=1S/C64H56N2O/c1-44(2)18-19-45-20-22-46(23-21-45)42-67-43-47-24-31-54(32-25-47)66-62-17-11-9-15-58(62)59-40-51(30-39-63(59)66)50-28-35-53(36-29-50)65(52-33-26-49(27-34-52)48-12-6-5-7-13-48)55-37-38-57-56-14-8-10-16-60(56)64(3,4)61(57)41-55/h5-17,20-41,44H,18-19,42-43H2,1-4H3. The summed E-state index contributed by atoms with van der Waals surface area (Å²) in [6, 6.07) is 78.0. The van der Waals surface area contributed by atoms with Crippen molar-refractivity contribution in [2.75, 3.05) is 4.90 Å². The average molecular weight is 869 g/mol. The summed E-state index contributed by atoms with van der Waals surface area (Å²) in [7, 11) is 0. The lowest BCUT2D eigenvalue weighted by molar-refractivity contribution is 0.107. The van der Waals surface area contributed by atoms with Gasteiger partial charge in [0.25, 0.3) is 0 Å². The lowest BCUT2D eigenvalue weighted by Gasteiger charge is -2.28. The van der Waals surface area contributed by atoms with Crippen LogP contribution in [0.4, 0.5) is 17.1 Å². The van der Waals surface area contributed by atoms with Crippen molar-refractivity contribution in [3.63, 3.8) is 0 Å². The lowest BCUT2D eigenvalue weighted by atomic mass is 9.82. The molecule has 0 spiro atoms. The van der Waals surface area contributed by atoms with Crippen molar-refractivity contribution in [2.24, 2.45) is 5.92 Å². The van der Waals surface area contributed by atoms with E-state index in [1.165, 1.54) is 83.9 Å². The van der Waals surface area contributed by atoms with Gasteiger partial charge in [0.15, 0.2) is 0 Å². The van der Waals surface area contributed by atoms with Gasteiger partial charge >= 0.3 is 0 Å². The van der Waals surface area contributed by atoms with Gasteiger partial charge in [-0.1, -0.05) is 173 Å². The number of benzene rings is 9. The second kappa shape index (κ2) is 17.7. The SMILES string of the molecule is CC(C)CCc1ccc(COCc2ccc(-n3c4ccccc4c4cc(-c5ccc(N(c6ccc(-c7ccccc7)cc6)c6ccc7c(c6)C(C)(C)c6ccccc6-7)cc5)ccc43)cc2)cc1. The van der Waals surface area contributed by atoms with Crippen LogP contribution < -0.4 is 4.90 Å². The van der Waals surface area contributed by atoms with Crippen LogP contribution >= 0.6 is 0 Å². The zero-order valence-electron chi connectivity index (χ0n) is 38.9. The Labute approximate surface area is 395 Å². The molecule has 67 heavy (non-hydrogen) atoms. The molecule has 1 aromatic heterocycles. The second-order valence-corrected chi connectivity index (χ2v) is 19.2. The number of para-hydroxylation sites is 1. The number of hydrogen-bond acceptors (Lipinski definition) is 2. The molecule has 0 atom stereocenters. The van der Waals surface area contributed by atoms with Crippen LogP contribution in [0.2, 0.25) is 0 Å². The molecule has 0 amide bonds. The normalized spacial score (nSPS) is 12.7. The molecule has 10 aromatic rings. The predicted molar refractivity (Wildman–Crippen MR) is 282 cm³/mol. The van der Waals surface area contributed by atoms with Gasteiger partial charge in [-0.2, -0.15) is 0 Å². The Morgan fingerprint density at radius 2 is 0.985 bits per heavy atom. The Bertz CT molecular complexity index is 3340. The van der Waals surface area contributed by atoms with E-state index in [0.29, 0.717) is 13.2 Å². The number of aryl methyl sites for hydroxylation is 1. The van der Waals surface area contributed by atoms with Gasteiger partial charge < -0.3 is 14.2 Å². The number of nitrogens with zero attached hydrogens (tertiary/aromatic N) is 2. The monoisotopic (exact) mass is 868 g/mol. The topological polar surface area (TPSA) is 17.4 Å². The molecule has 0 unspecified atom stereocenters. The van der Waals surface area contributed by atoms with Crippen molar-refractivity contribution >= 4 is 38.9 Å². The summed E-state index contributed by atoms with van der Waals surface area (Å²) in [5, 5.41) is 2.48. The van der Waals surface area contributed by atoms with Crippen LogP contribution in [0.5, 0.6) is 0 Å². The van der Waals surface area contributed by atoms with Gasteiger partial charge in [0.05, 0.1) is 24.2 Å². The fourth-order valence-corrected chi connectivity index (χ4v) is 10.2. The molecule has 328 valence electrons. The Kier molecular flexibility index (Phi) is 11.2. The molecule has 1 aliphatic carbocycles. The van der Waals surface area contributed by atoms with Crippen molar-refractivity contribution in [1.82, 2.24) is 4.57 Å². The van der Waals surface area contributed by atoms with Crippen molar-refractivity contribution in [3.8, 4) is 39.1 Å². The molecule has 0 saturated carbocycles. The van der Waals surface area contributed by atoms with Crippen LogP contribution in [0, 0.1) is 5.92 Å². The van der Waals surface area contributed by atoms with Crippen LogP contribution in [0.25, 0.3) is 60.9 Å². The molecule has 0 N–H and O–H groups in total. The first kappa shape index (κ1) is 42.2. The molecular weight excluding hydrogens is 813 g/mol. The third-order valence-electron chi connectivity index (χ3n) is 14.0. The van der Waals surface area contributed by atoms with Gasteiger partial charge in [-0.15, -0.1) is 0 Å². The summed E-state index contributed by atoms with van der Waals surface area (Å²) in [6.45, 7) is 10.4. The Morgan fingerprint density at radius 3 is 1.69 bits per heavy atom. The number of fused-ring (bicyclic) bond motifs is 6. The number of anilines is 3. The summed E-state index contributed by atoms with van der Waals surface area (Å²) >= 11 is 0. The van der Waals surface area contributed by atoms with E-state index in [4.69, 9.17) is 4.74 Å². The summed E-state index contributed by atoms with van der Waals surface area (Å²) in [4.78, 5) is 2.40. The molecule has 1 aliphatic rings. The smallest absolute Gasteiger partial charge is 0.0721 e. The molecule has 0 bridgehead atoms. The van der Waals surface area contributed by atoms with Crippen molar-refractivity contribution < 1.29 is 4.74 Å². The minimum Gasteiger partial charge on any atom is -0.372 e. The van der Waals surface area contributed by atoms with Crippen LogP contribution in [0.15, 0.2) is 212 Å². The third-order valence-corrected chi connectivity index (χ3v) is 14.0. The van der Waals surface area contributed by atoms with E-state index in [1.807, 2.05) is 0 Å². The summed E-state index contributed by atoms with van der Waals surface area (Å²) < 4.78 is 8.57. The number of hydrogen-bond donors (Lipinski definition) is 0. The molecule has 0 aliphatic heterocycles. The first-order valence-corrected chi connectivity index (χ1v) is 23.9. The zero-order chi connectivity index (χ0) is 45.5. The third kappa shape index (κ3) is 8.15. The molecule has 0 saturated heterocycles.